The Morgan fingerprint density at radius 1 is 1.47 bits per heavy atom. The summed E-state index contributed by atoms with van der Waals surface area (Å²) in [4.78, 5) is 4.10. The predicted molar refractivity (Wildman–Crippen MR) is 60.5 cm³/mol. The summed E-state index contributed by atoms with van der Waals surface area (Å²) in [6.07, 6.45) is 0. The monoisotopic (exact) mass is 267 g/mol. The zero-order valence-electron chi connectivity index (χ0n) is 8.20. The van der Waals surface area contributed by atoms with E-state index in [0.717, 1.165) is 10.2 Å². The number of halogens is 1. The Labute approximate surface area is 95.8 Å². The molecule has 0 saturated heterocycles. The quantitative estimate of drug-likeness (QED) is 0.929. The fraction of sp³-hybridized carbons (Fsp3) is 0.200. The number of anilines is 1. The van der Waals surface area contributed by atoms with Crippen LogP contribution in [0.5, 0.6) is 0 Å². The van der Waals surface area contributed by atoms with Gasteiger partial charge in [-0.1, -0.05) is 27.2 Å². The van der Waals surface area contributed by atoms with Gasteiger partial charge in [-0.15, -0.1) is 0 Å². The topological polar surface area (TPSA) is 51.0 Å². The first kappa shape index (κ1) is 10.2. The zero-order chi connectivity index (χ0) is 10.7. The summed E-state index contributed by atoms with van der Waals surface area (Å²) >= 11 is 3.40. The molecule has 15 heavy (non-hydrogen) atoms. The van der Waals surface area contributed by atoms with E-state index in [1.165, 1.54) is 0 Å². The molecule has 0 aliphatic heterocycles. The molecular weight excluding hydrogens is 258 g/mol. The van der Waals surface area contributed by atoms with Gasteiger partial charge in [-0.25, -0.2) is 0 Å². The van der Waals surface area contributed by atoms with Gasteiger partial charge < -0.3 is 9.84 Å². The van der Waals surface area contributed by atoms with Crippen LogP contribution in [0, 0.1) is 6.92 Å². The van der Waals surface area contributed by atoms with Gasteiger partial charge >= 0.3 is 0 Å². The second-order valence-electron chi connectivity index (χ2n) is 3.09. The maximum Gasteiger partial charge on any atom is 0.223 e. The molecule has 78 valence electrons. The summed E-state index contributed by atoms with van der Waals surface area (Å²) in [5.41, 5.74) is 1.02. The summed E-state index contributed by atoms with van der Waals surface area (Å²) in [7, 11) is 0. The van der Waals surface area contributed by atoms with Gasteiger partial charge in [0.25, 0.3) is 0 Å². The van der Waals surface area contributed by atoms with Crippen LogP contribution < -0.4 is 5.32 Å². The molecule has 2 rings (SSSR count). The molecule has 0 fully saturated rings. The van der Waals surface area contributed by atoms with Crippen LogP contribution in [0.1, 0.15) is 11.7 Å². The number of nitrogens with one attached hydrogen (secondary N) is 1. The van der Waals surface area contributed by atoms with Crippen LogP contribution in [0.15, 0.2) is 33.3 Å². The van der Waals surface area contributed by atoms with Gasteiger partial charge in [0.1, 0.15) is 0 Å². The SMILES string of the molecule is Cc1nc(CNc2cccc(Br)c2)no1. The fourth-order valence-electron chi connectivity index (χ4n) is 1.19. The van der Waals surface area contributed by atoms with Crippen LogP contribution in [0.25, 0.3) is 0 Å². The third-order valence-electron chi connectivity index (χ3n) is 1.84. The van der Waals surface area contributed by atoms with Crippen molar-refractivity contribution in [3.05, 3.63) is 40.5 Å². The van der Waals surface area contributed by atoms with Crippen molar-refractivity contribution < 1.29 is 4.52 Å². The first-order valence-corrected chi connectivity index (χ1v) is 5.32. The highest BCUT2D eigenvalue weighted by molar-refractivity contribution is 9.10. The lowest BCUT2D eigenvalue weighted by Crippen LogP contribution is -2.00. The second-order valence-corrected chi connectivity index (χ2v) is 4.01. The molecule has 1 heterocycles. The van der Waals surface area contributed by atoms with E-state index in [-0.39, 0.29) is 0 Å². The summed E-state index contributed by atoms with van der Waals surface area (Å²) < 4.78 is 5.90. The predicted octanol–water partition coefficient (Wildman–Crippen LogP) is 2.75. The minimum absolute atomic E-state index is 0.563. The molecule has 2 aromatic rings. The molecule has 0 spiro atoms. The third kappa shape index (κ3) is 2.79. The van der Waals surface area contributed by atoms with Crippen LogP contribution in [-0.2, 0) is 6.54 Å². The molecule has 0 saturated carbocycles. The Bertz CT molecular complexity index is 455. The van der Waals surface area contributed by atoms with E-state index < -0.39 is 0 Å². The van der Waals surface area contributed by atoms with E-state index in [4.69, 9.17) is 4.52 Å². The molecular formula is C10H10BrN3O. The molecule has 0 atom stereocenters. The van der Waals surface area contributed by atoms with Crippen molar-refractivity contribution in [3.8, 4) is 0 Å². The van der Waals surface area contributed by atoms with Gasteiger partial charge in [-0.05, 0) is 18.2 Å². The van der Waals surface area contributed by atoms with Gasteiger partial charge in [0.2, 0.25) is 5.89 Å². The van der Waals surface area contributed by atoms with Crippen molar-refractivity contribution in [1.29, 1.82) is 0 Å². The molecule has 0 aliphatic rings. The summed E-state index contributed by atoms with van der Waals surface area (Å²) in [5.74, 6) is 1.24. The fourth-order valence-corrected chi connectivity index (χ4v) is 1.59. The van der Waals surface area contributed by atoms with Crippen molar-refractivity contribution in [3.63, 3.8) is 0 Å². The molecule has 1 N–H and O–H groups in total. The van der Waals surface area contributed by atoms with Crippen LogP contribution >= 0.6 is 15.9 Å². The molecule has 0 unspecified atom stereocenters. The Hall–Kier alpha value is -1.36. The van der Waals surface area contributed by atoms with E-state index in [1.807, 2.05) is 24.3 Å². The van der Waals surface area contributed by atoms with E-state index in [0.29, 0.717) is 18.3 Å². The number of rotatable bonds is 3. The lowest BCUT2D eigenvalue weighted by Gasteiger charge is -2.02. The third-order valence-corrected chi connectivity index (χ3v) is 2.34. The van der Waals surface area contributed by atoms with E-state index in [1.54, 1.807) is 6.92 Å². The Kier molecular flexibility index (Phi) is 3.01. The zero-order valence-corrected chi connectivity index (χ0v) is 9.78. The number of aromatic nitrogens is 2. The average molecular weight is 268 g/mol. The molecule has 0 radical (unpaired) electrons. The van der Waals surface area contributed by atoms with Crippen molar-refractivity contribution in [2.24, 2.45) is 0 Å². The highest BCUT2D eigenvalue weighted by Gasteiger charge is 2.01. The van der Waals surface area contributed by atoms with Gasteiger partial charge in [-0.2, -0.15) is 4.98 Å². The van der Waals surface area contributed by atoms with Crippen LogP contribution in [0.4, 0.5) is 5.69 Å². The maximum absolute atomic E-state index is 4.87. The van der Waals surface area contributed by atoms with E-state index >= 15 is 0 Å². The van der Waals surface area contributed by atoms with E-state index in [2.05, 4.69) is 31.4 Å². The standard InChI is InChI=1S/C10H10BrN3O/c1-7-13-10(14-15-7)6-12-9-4-2-3-8(11)5-9/h2-5,12H,6H2,1H3. The second kappa shape index (κ2) is 4.44. The largest absolute Gasteiger partial charge is 0.378 e. The maximum atomic E-state index is 4.87. The van der Waals surface area contributed by atoms with Crippen LogP contribution in [-0.4, -0.2) is 10.1 Å². The number of hydrogen-bond donors (Lipinski definition) is 1. The van der Waals surface area contributed by atoms with Gasteiger partial charge in [0.05, 0.1) is 6.54 Å². The number of nitrogens with zero attached hydrogens (tertiary/aromatic N) is 2. The highest BCUT2D eigenvalue weighted by atomic mass is 79.9. The minimum Gasteiger partial charge on any atom is -0.378 e. The summed E-state index contributed by atoms with van der Waals surface area (Å²) in [6, 6.07) is 7.92. The summed E-state index contributed by atoms with van der Waals surface area (Å²) in [5, 5.41) is 6.99. The molecule has 4 nitrogen and oxygen atoms in total. The normalized spacial score (nSPS) is 10.3. The summed E-state index contributed by atoms with van der Waals surface area (Å²) in [6.45, 7) is 2.34. The molecule has 0 aliphatic carbocycles. The van der Waals surface area contributed by atoms with Crippen molar-refractivity contribution in [2.75, 3.05) is 5.32 Å². The van der Waals surface area contributed by atoms with E-state index in [9.17, 15) is 0 Å². The molecule has 0 amide bonds. The number of hydrogen-bond acceptors (Lipinski definition) is 4. The van der Waals surface area contributed by atoms with Crippen molar-refractivity contribution in [2.45, 2.75) is 13.5 Å². The lowest BCUT2D eigenvalue weighted by atomic mass is 10.3. The Morgan fingerprint density at radius 3 is 3.00 bits per heavy atom. The van der Waals surface area contributed by atoms with Gasteiger partial charge in [0.15, 0.2) is 5.82 Å². The first-order valence-electron chi connectivity index (χ1n) is 4.52. The van der Waals surface area contributed by atoms with Crippen LogP contribution in [0.3, 0.4) is 0 Å². The molecule has 1 aromatic heterocycles. The average Bonchev–Trinajstić information content (AvgIpc) is 2.62. The molecule has 0 bridgehead atoms. The van der Waals surface area contributed by atoms with Crippen LogP contribution in [0.2, 0.25) is 0 Å². The molecule has 5 heteroatoms. The Morgan fingerprint density at radius 2 is 2.33 bits per heavy atom. The number of benzene rings is 1. The minimum atomic E-state index is 0.563. The van der Waals surface area contributed by atoms with Gasteiger partial charge in [-0.3, -0.25) is 0 Å². The van der Waals surface area contributed by atoms with Gasteiger partial charge in [0, 0.05) is 17.1 Å². The Balaban J connectivity index is 1.99. The van der Waals surface area contributed by atoms with Crippen molar-refractivity contribution >= 4 is 21.6 Å². The lowest BCUT2D eigenvalue weighted by molar-refractivity contribution is 0.388. The van der Waals surface area contributed by atoms with Crippen molar-refractivity contribution in [1.82, 2.24) is 10.1 Å². The number of aryl methyl sites for hydroxylation is 1. The highest BCUT2D eigenvalue weighted by Crippen LogP contribution is 2.15. The smallest absolute Gasteiger partial charge is 0.223 e. The molecule has 1 aromatic carbocycles. The first-order chi connectivity index (χ1) is 7.24.